The molecule has 0 aliphatic carbocycles. The van der Waals surface area contributed by atoms with E-state index in [0.29, 0.717) is 18.0 Å². The first kappa shape index (κ1) is 13.4. The molecule has 1 aromatic heterocycles. The molecule has 4 nitrogen and oxygen atoms in total. The van der Waals surface area contributed by atoms with Gasteiger partial charge in [0.2, 0.25) is 0 Å². The number of pyridine rings is 1. The van der Waals surface area contributed by atoms with Gasteiger partial charge < -0.3 is 15.2 Å². The van der Waals surface area contributed by atoms with Crippen LogP contribution in [0.2, 0.25) is 0 Å². The fraction of sp³-hybridized carbons (Fsp3) is 0.267. The van der Waals surface area contributed by atoms with E-state index in [1.54, 1.807) is 20.4 Å². The van der Waals surface area contributed by atoms with Crippen LogP contribution in [0.3, 0.4) is 0 Å². The Balaban J connectivity index is 2.65. The van der Waals surface area contributed by atoms with Gasteiger partial charge in [0.25, 0.3) is 0 Å². The first-order valence-corrected chi connectivity index (χ1v) is 6.07. The summed E-state index contributed by atoms with van der Waals surface area (Å²) in [6.07, 6.45) is 3.62. The predicted molar refractivity (Wildman–Crippen MR) is 75.4 cm³/mol. The van der Waals surface area contributed by atoms with Crippen LogP contribution < -0.4 is 15.2 Å². The summed E-state index contributed by atoms with van der Waals surface area (Å²) in [6, 6.07) is 5.87. The average molecular weight is 258 g/mol. The molecule has 0 aliphatic rings. The van der Waals surface area contributed by atoms with Gasteiger partial charge in [-0.2, -0.15) is 0 Å². The van der Waals surface area contributed by atoms with Crippen LogP contribution >= 0.6 is 0 Å². The third-order valence-electron chi connectivity index (χ3n) is 3.14. The van der Waals surface area contributed by atoms with Crippen molar-refractivity contribution in [2.45, 2.75) is 13.5 Å². The summed E-state index contributed by atoms with van der Waals surface area (Å²) in [7, 11) is 3.25. The molecule has 0 amide bonds. The lowest BCUT2D eigenvalue weighted by atomic mass is 9.96. The molecule has 2 aromatic rings. The normalized spacial score (nSPS) is 10.3. The number of nitrogens with two attached hydrogens (primary N) is 1. The second-order valence-electron chi connectivity index (χ2n) is 4.26. The molecule has 0 radical (unpaired) electrons. The van der Waals surface area contributed by atoms with Crippen LogP contribution in [0, 0.1) is 6.92 Å². The van der Waals surface area contributed by atoms with Crippen LogP contribution in [0.15, 0.2) is 30.6 Å². The Kier molecular flexibility index (Phi) is 4.02. The summed E-state index contributed by atoms with van der Waals surface area (Å²) in [5, 5.41) is 0. The van der Waals surface area contributed by atoms with E-state index in [4.69, 9.17) is 15.2 Å². The van der Waals surface area contributed by atoms with Gasteiger partial charge >= 0.3 is 0 Å². The van der Waals surface area contributed by atoms with Crippen LogP contribution in [0.25, 0.3) is 11.1 Å². The van der Waals surface area contributed by atoms with Crippen LogP contribution in [0.4, 0.5) is 0 Å². The van der Waals surface area contributed by atoms with Gasteiger partial charge in [0.1, 0.15) is 0 Å². The van der Waals surface area contributed by atoms with Gasteiger partial charge in [-0.25, -0.2) is 0 Å². The van der Waals surface area contributed by atoms with Crippen LogP contribution in [-0.4, -0.2) is 19.2 Å². The van der Waals surface area contributed by atoms with E-state index < -0.39 is 0 Å². The van der Waals surface area contributed by atoms with E-state index in [1.807, 2.05) is 31.3 Å². The Morgan fingerprint density at radius 1 is 1.11 bits per heavy atom. The van der Waals surface area contributed by atoms with Crippen LogP contribution in [0.5, 0.6) is 11.5 Å². The highest BCUT2D eigenvalue weighted by atomic mass is 16.5. The zero-order valence-electron chi connectivity index (χ0n) is 11.4. The number of aryl methyl sites for hydroxylation is 1. The summed E-state index contributed by atoms with van der Waals surface area (Å²) in [5.74, 6) is 1.39. The largest absolute Gasteiger partial charge is 0.493 e. The molecule has 1 aromatic carbocycles. The summed E-state index contributed by atoms with van der Waals surface area (Å²) < 4.78 is 10.7. The molecular formula is C15H18N2O2. The number of ether oxygens (including phenoxy) is 2. The Morgan fingerprint density at radius 2 is 1.79 bits per heavy atom. The molecule has 0 fully saturated rings. The number of benzene rings is 1. The van der Waals surface area contributed by atoms with Crippen molar-refractivity contribution in [3.05, 3.63) is 41.7 Å². The maximum Gasteiger partial charge on any atom is 0.161 e. The second kappa shape index (κ2) is 5.71. The highest BCUT2D eigenvalue weighted by Gasteiger charge is 2.13. The molecule has 0 saturated carbocycles. The van der Waals surface area contributed by atoms with E-state index in [9.17, 15) is 0 Å². The molecule has 0 bridgehead atoms. The first-order valence-electron chi connectivity index (χ1n) is 6.07. The molecule has 0 atom stereocenters. The zero-order valence-corrected chi connectivity index (χ0v) is 11.4. The standard InChI is InChI=1S/C15H18N2O2/c1-10-9-17-5-4-12(10)13-7-15(19-3)14(18-2)6-11(13)8-16/h4-7,9H,8,16H2,1-3H3. The molecular weight excluding hydrogens is 240 g/mol. The van der Waals surface area contributed by atoms with Gasteiger partial charge in [-0.3, -0.25) is 4.98 Å². The molecule has 2 rings (SSSR count). The third kappa shape index (κ3) is 2.53. The van der Waals surface area contributed by atoms with Gasteiger partial charge in [-0.1, -0.05) is 0 Å². The van der Waals surface area contributed by atoms with Gasteiger partial charge in [-0.15, -0.1) is 0 Å². The molecule has 2 N–H and O–H groups in total. The number of hydrogen-bond acceptors (Lipinski definition) is 4. The minimum Gasteiger partial charge on any atom is -0.493 e. The lowest BCUT2D eigenvalue weighted by Crippen LogP contribution is -2.02. The van der Waals surface area contributed by atoms with Gasteiger partial charge in [0.15, 0.2) is 11.5 Å². The summed E-state index contributed by atoms with van der Waals surface area (Å²) in [5.41, 5.74) is 10.1. The highest BCUT2D eigenvalue weighted by Crippen LogP contribution is 2.36. The fourth-order valence-corrected chi connectivity index (χ4v) is 2.12. The minimum absolute atomic E-state index is 0.442. The molecule has 0 unspecified atom stereocenters. The number of aromatic nitrogens is 1. The number of hydrogen-bond donors (Lipinski definition) is 1. The Morgan fingerprint density at radius 3 is 2.37 bits per heavy atom. The second-order valence-corrected chi connectivity index (χ2v) is 4.26. The van der Waals surface area contributed by atoms with Crippen molar-refractivity contribution < 1.29 is 9.47 Å². The lowest BCUT2D eigenvalue weighted by Gasteiger charge is -2.15. The lowest BCUT2D eigenvalue weighted by molar-refractivity contribution is 0.354. The predicted octanol–water partition coefficient (Wildman–Crippen LogP) is 2.53. The van der Waals surface area contributed by atoms with E-state index >= 15 is 0 Å². The molecule has 19 heavy (non-hydrogen) atoms. The molecule has 1 heterocycles. The number of methoxy groups -OCH3 is 2. The van der Waals surface area contributed by atoms with E-state index in [-0.39, 0.29) is 0 Å². The highest BCUT2D eigenvalue weighted by molar-refractivity contribution is 5.73. The maximum atomic E-state index is 5.84. The zero-order chi connectivity index (χ0) is 13.8. The van der Waals surface area contributed by atoms with Crippen molar-refractivity contribution >= 4 is 0 Å². The third-order valence-corrected chi connectivity index (χ3v) is 3.14. The molecule has 100 valence electrons. The first-order chi connectivity index (χ1) is 9.21. The topological polar surface area (TPSA) is 57.4 Å². The van der Waals surface area contributed by atoms with Crippen molar-refractivity contribution in [1.29, 1.82) is 0 Å². The molecule has 0 spiro atoms. The Labute approximate surface area is 113 Å². The van der Waals surface area contributed by atoms with E-state index in [2.05, 4.69) is 4.98 Å². The monoisotopic (exact) mass is 258 g/mol. The van der Waals surface area contributed by atoms with Crippen LogP contribution in [0.1, 0.15) is 11.1 Å². The van der Waals surface area contributed by atoms with Crippen molar-refractivity contribution in [2.75, 3.05) is 14.2 Å². The van der Waals surface area contributed by atoms with Gasteiger partial charge in [0.05, 0.1) is 14.2 Å². The summed E-state index contributed by atoms with van der Waals surface area (Å²) in [6.45, 7) is 2.47. The number of rotatable bonds is 4. The number of nitrogens with zero attached hydrogens (tertiary/aromatic N) is 1. The van der Waals surface area contributed by atoms with Gasteiger partial charge in [0, 0.05) is 18.9 Å². The van der Waals surface area contributed by atoms with Crippen molar-refractivity contribution in [3.8, 4) is 22.6 Å². The SMILES string of the molecule is COc1cc(CN)c(-c2ccncc2C)cc1OC. The molecule has 4 heteroatoms. The quantitative estimate of drug-likeness (QED) is 0.915. The smallest absolute Gasteiger partial charge is 0.161 e. The van der Waals surface area contributed by atoms with Crippen molar-refractivity contribution in [1.82, 2.24) is 4.98 Å². The van der Waals surface area contributed by atoms with Crippen molar-refractivity contribution in [3.63, 3.8) is 0 Å². The summed E-state index contributed by atoms with van der Waals surface area (Å²) in [4.78, 5) is 4.12. The van der Waals surface area contributed by atoms with E-state index in [1.165, 1.54) is 0 Å². The average Bonchev–Trinajstić information content (AvgIpc) is 2.46. The summed E-state index contributed by atoms with van der Waals surface area (Å²) >= 11 is 0. The van der Waals surface area contributed by atoms with Crippen LogP contribution in [-0.2, 0) is 6.54 Å². The van der Waals surface area contributed by atoms with E-state index in [0.717, 1.165) is 22.3 Å². The fourth-order valence-electron chi connectivity index (χ4n) is 2.12. The molecule has 0 aliphatic heterocycles. The molecule has 0 saturated heterocycles. The minimum atomic E-state index is 0.442. The maximum absolute atomic E-state index is 5.84. The van der Waals surface area contributed by atoms with Crippen molar-refractivity contribution in [2.24, 2.45) is 5.73 Å². The van der Waals surface area contributed by atoms with Gasteiger partial charge in [-0.05, 0) is 47.4 Å². The Bertz CT molecular complexity index is 582. The Hall–Kier alpha value is -2.07.